The van der Waals surface area contributed by atoms with Crippen LogP contribution < -0.4 is 10.6 Å². The summed E-state index contributed by atoms with van der Waals surface area (Å²) >= 11 is 7.68. The molecule has 1 unspecified atom stereocenters. The van der Waals surface area contributed by atoms with Crippen LogP contribution in [0.5, 0.6) is 0 Å². The summed E-state index contributed by atoms with van der Waals surface area (Å²) in [5, 5.41) is 2.88. The van der Waals surface area contributed by atoms with Crippen molar-refractivity contribution in [1.82, 2.24) is 4.90 Å². The van der Waals surface area contributed by atoms with Crippen molar-refractivity contribution >= 4 is 28.6 Å². The first kappa shape index (κ1) is 14.9. The summed E-state index contributed by atoms with van der Waals surface area (Å²) in [4.78, 5) is 6.13. The van der Waals surface area contributed by atoms with Gasteiger partial charge in [-0.2, -0.15) is 0 Å². The van der Waals surface area contributed by atoms with Crippen LogP contribution >= 0.6 is 22.9 Å². The minimum Gasteiger partial charge on any atom is -0.369 e. The van der Waals surface area contributed by atoms with Crippen molar-refractivity contribution in [3.63, 3.8) is 0 Å². The summed E-state index contributed by atoms with van der Waals surface area (Å²) in [7, 11) is 0. The van der Waals surface area contributed by atoms with Crippen LogP contribution in [-0.2, 0) is 0 Å². The van der Waals surface area contributed by atoms with Crippen LogP contribution in [-0.4, -0.2) is 37.6 Å². The molecule has 1 aliphatic heterocycles. The van der Waals surface area contributed by atoms with Crippen LogP contribution in [0.1, 0.15) is 10.9 Å². The smallest absolute Gasteiger partial charge is 0.0519 e. The van der Waals surface area contributed by atoms with Gasteiger partial charge in [-0.15, -0.1) is 11.3 Å². The Kier molecular flexibility index (Phi) is 4.80. The second-order valence-electron chi connectivity index (χ2n) is 5.39. The van der Waals surface area contributed by atoms with E-state index < -0.39 is 0 Å². The number of piperazine rings is 1. The minimum absolute atomic E-state index is 0.132. The summed E-state index contributed by atoms with van der Waals surface area (Å²) in [6.45, 7) is 5.13. The monoisotopic (exact) mass is 321 g/mol. The number of halogens is 1. The maximum atomic E-state index is 6.27. The maximum absolute atomic E-state index is 6.27. The van der Waals surface area contributed by atoms with Gasteiger partial charge in [0, 0.05) is 48.3 Å². The molecule has 1 saturated heterocycles. The van der Waals surface area contributed by atoms with Crippen molar-refractivity contribution in [1.29, 1.82) is 0 Å². The molecule has 1 aliphatic rings. The topological polar surface area (TPSA) is 32.5 Å². The van der Waals surface area contributed by atoms with Crippen LogP contribution in [0.3, 0.4) is 0 Å². The largest absolute Gasteiger partial charge is 0.369 e. The van der Waals surface area contributed by atoms with E-state index >= 15 is 0 Å². The van der Waals surface area contributed by atoms with Gasteiger partial charge >= 0.3 is 0 Å². The third-order valence-electron chi connectivity index (χ3n) is 3.93. The lowest BCUT2D eigenvalue weighted by molar-refractivity contribution is 0.244. The third kappa shape index (κ3) is 3.77. The van der Waals surface area contributed by atoms with E-state index in [-0.39, 0.29) is 6.04 Å². The molecule has 0 saturated carbocycles. The summed E-state index contributed by atoms with van der Waals surface area (Å²) < 4.78 is 0. The Morgan fingerprint density at radius 1 is 1.10 bits per heavy atom. The van der Waals surface area contributed by atoms with Gasteiger partial charge in [0.15, 0.2) is 0 Å². The summed E-state index contributed by atoms with van der Waals surface area (Å²) in [6, 6.07) is 12.4. The highest BCUT2D eigenvalue weighted by Crippen LogP contribution is 2.21. The molecule has 2 N–H and O–H groups in total. The Labute approximate surface area is 134 Å². The lowest BCUT2D eigenvalue weighted by Gasteiger charge is -2.37. The molecule has 0 radical (unpaired) electrons. The normalized spacial score (nSPS) is 17.9. The second kappa shape index (κ2) is 6.79. The van der Waals surface area contributed by atoms with E-state index in [0.29, 0.717) is 0 Å². The summed E-state index contributed by atoms with van der Waals surface area (Å²) in [6.07, 6.45) is 0. The number of hydrogen-bond acceptors (Lipinski definition) is 4. The highest BCUT2D eigenvalue weighted by atomic mass is 35.5. The molecule has 2 aromatic rings. The van der Waals surface area contributed by atoms with Crippen molar-refractivity contribution in [3.8, 4) is 0 Å². The van der Waals surface area contributed by atoms with Crippen molar-refractivity contribution in [2.45, 2.75) is 6.04 Å². The van der Waals surface area contributed by atoms with Gasteiger partial charge < -0.3 is 10.6 Å². The standard InChI is InChI=1S/C16H20ClN3S/c17-13-3-5-14(6-4-13)20-9-7-19(8-10-20)12-15(18)16-2-1-11-21-16/h1-6,11,15H,7-10,12,18H2. The first-order valence-corrected chi connectivity index (χ1v) is 8.50. The Balaban J connectivity index is 1.52. The van der Waals surface area contributed by atoms with Crippen LogP contribution in [0.25, 0.3) is 0 Å². The van der Waals surface area contributed by atoms with E-state index in [1.54, 1.807) is 11.3 Å². The molecule has 0 spiro atoms. The van der Waals surface area contributed by atoms with E-state index in [1.807, 2.05) is 12.1 Å². The minimum atomic E-state index is 0.132. The molecule has 5 heteroatoms. The van der Waals surface area contributed by atoms with Crippen LogP contribution in [0.2, 0.25) is 5.02 Å². The molecule has 3 rings (SSSR count). The van der Waals surface area contributed by atoms with Gasteiger partial charge in [-0.3, -0.25) is 4.90 Å². The van der Waals surface area contributed by atoms with Crippen molar-refractivity contribution in [3.05, 3.63) is 51.7 Å². The number of benzene rings is 1. The zero-order chi connectivity index (χ0) is 14.7. The summed E-state index contributed by atoms with van der Waals surface area (Å²) in [5.74, 6) is 0. The molecular formula is C16H20ClN3S. The molecule has 1 aromatic heterocycles. The molecule has 21 heavy (non-hydrogen) atoms. The van der Waals surface area contributed by atoms with Crippen LogP contribution in [0.15, 0.2) is 41.8 Å². The fraction of sp³-hybridized carbons (Fsp3) is 0.375. The average molecular weight is 322 g/mol. The number of anilines is 1. The van der Waals surface area contributed by atoms with Gasteiger partial charge in [0.2, 0.25) is 0 Å². The molecule has 112 valence electrons. The van der Waals surface area contributed by atoms with Crippen molar-refractivity contribution in [2.75, 3.05) is 37.6 Å². The maximum Gasteiger partial charge on any atom is 0.0519 e. The third-order valence-corrected chi connectivity index (χ3v) is 5.18. The lowest BCUT2D eigenvalue weighted by atomic mass is 10.2. The molecular weight excluding hydrogens is 302 g/mol. The highest BCUT2D eigenvalue weighted by Gasteiger charge is 2.19. The van der Waals surface area contributed by atoms with E-state index in [1.165, 1.54) is 10.6 Å². The number of nitrogens with two attached hydrogens (primary N) is 1. The first-order valence-electron chi connectivity index (χ1n) is 7.24. The molecule has 3 nitrogen and oxygen atoms in total. The molecule has 0 bridgehead atoms. The zero-order valence-electron chi connectivity index (χ0n) is 11.9. The van der Waals surface area contributed by atoms with E-state index in [9.17, 15) is 0 Å². The SMILES string of the molecule is NC(CN1CCN(c2ccc(Cl)cc2)CC1)c1cccs1. The van der Waals surface area contributed by atoms with E-state index in [0.717, 1.165) is 37.7 Å². The lowest BCUT2D eigenvalue weighted by Crippen LogP contribution is -2.48. The molecule has 1 atom stereocenters. The summed E-state index contributed by atoms with van der Waals surface area (Å²) in [5.41, 5.74) is 7.52. The molecule has 2 heterocycles. The van der Waals surface area contributed by atoms with E-state index in [4.69, 9.17) is 17.3 Å². The second-order valence-corrected chi connectivity index (χ2v) is 6.80. The van der Waals surface area contributed by atoms with Crippen LogP contribution in [0.4, 0.5) is 5.69 Å². The van der Waals surface area contributed by atoms with Crippen molar-refractivity contribution in [2.24, 2.45) is 5.73 Å². The Bertz CT molecular complexity index is 547. The van der Waals surface area contributed by atoms with E-state index in [2.05, 4.69) is 39.4 Å². The van der Waals surface area contributed by atoms with Gasteiger partial charge in [-0.25, -0.2) is 0 Å². The molecule has 0 amide bonds. The van der Waals surface area contributed by atoms with Gasteiger partial charge in [0.25, 0.3) is 0 Å². The molecule has 1 aromatic carbocycles. The number of nitrogens with zero attached hydrogens (tertiary/aromatic N) is 2. The first-order chi connectivity index (χ1) is 10.2. The van der Waals surface area contributed by atoms with Gasteiger partial charge in [0.05, 0.1) is 6.04 Å². The molecule has 0 aliphatic carbocycles. The number of hydrogen-bond donors (Lipinski definition) is 1. The predicted molar refractivity (Wildman–Crippen MR) is 91.4 cm³/mol. The Morgan fingerprint density at radius 2 is 1.81 bits per heavy atom. The Hall–Kier alpha value is -1.07. The highest BCUT2D eigenvalue weighted by molar-refractivity contribution is 7.10. The zero-order valence-corrected chi connectivity index (χ0v) is 13.5. The fourth-order valence-corrected chi connectivity index (χ4v) is 3.56. The average Bonchev–Trinajstić information content (AvgIpc) is 3.03. The quantitative estimate of drug-likeness (QED) is 0.938. The van der Waals surface area contributed by atoms with Gasteiger partial charge in [-0.1, -0.05) is 17.7 Å². The van der Waals surface area contributed by atoms with Crippen LogP contribution in [0, 0.1) is 0 Å². The van der Waals surface area contributed by atoms with Gasteiger partial charge in [-0.05, 0) is 35.7 Å². The van der Waals surface area contributed by atoms with Crippen molar-refractivity contribution < 1.29 is 0 Å². The number of rotatable bonds is 4. The fourth-order valence-electron chi connectivity index (χ4n) is 2.71. The predicted octanol–water partition coefficient (Wildman–Crippen LogP) is 3.22. The van der Waals surface area contributed by atoms with Gasteiger partial charge in [0.1, 0.15) is 0 Å². The Morgan fingerprint density at radius 3 is 2.43 bits per heavy atom. The molecule has 1 fully saturated rings. The number of thiophene rings is 1.